The molecule has 29 heavy (non-hydrogen) atoms. The van der Waals surface area contributed by atoms with Crippen LogP contribution in [0, 0.1) is 31.1 Å². The molecule has 5 heteroatoms. The number of rotatable bonds is 6. The molecule has 0 atom stereocenters. The molecule has 5 nitrogen and oxygen atoms in total. The van der Waals surface area contributed by atoms with Gasteiger partial charge in [0.05, 0.1) is 18.7 Å². The third-order valence-corrected chi connectivity index (χ3v) is 6.40. The van der Waals surface area contributed by atoms with Crippen LogP contribution in [-0.4, -0.2) is 22.9 Å². The van der Waals surface area contributed by atoms with Gasteiger partial charge in [0.2, 0.25) is 5.78 Å². The maximum Gasteiger partial charge on any atom is 0.309 e. The Bertz CT molecular complexity index is 846. The summed E-state index contributed by atoms with van der Waals surface area (Å²) in [4.78, 5) is 25.2. The minimum Gasteiger partial charge on any atom is -0.467 e. The van der Waals surface area contributed by atoms with E-state index >= 15 is 0 Å². The standard InChI is InChI=1S/C24H33NO4/c1-16-13-21(17(2)25(16)14-20-7-6-12-28-20)22(26)15-29-23(27)18-8-10-19(11-9-18)24(3,4)5/h6-7,12-13,18-19H,8-11,14-15H2,1-5H3. The van der Waals surface area contributed by atoms with Gasteiger partial charge in [-0.15, -0.1) is 0 Å². The van der Waals surface area contributed by atoms with Crippen molar-refractivity contribution in [2.75, 3.05) is 6.61 Å². The second-order valence-electron chi connectivity index (χ2n) is 9.40. The molecule has 0 bridgehead atoms. The quantitative estimate of drug-likeness (QED) is 0.487. The fourth-order valence-electron chi connectivity index (χ4n) is 4.41. The molecule has 1 fully saturated rings. The summed E-state index contributed by atoms with van der Waals surface area (Å²) in [5.74, 6) is 1.03. The van der Waals surface area contributed by atoms with Gasteiger partial charge in [0.25, 0.3) is 0 Å². The summed E-state index contributed by atoms with van der Waals surface area (Å²) in [5.41, 5.74) is 2.74. The highest BCUT2D eigenvalue weighted by molar-refractivity contribution is 5.99. The molecule has 0 amide bonds. The second kappa shape index (κ2) is 8.60. The molecule has 0 aliphatic heterocycles. The van der Waals surface area contributed by atoms with E-state index in [2.05, 4.69) is 20.8 Å². The van der Waals surface area contributed by atoms with E-state index in [-0.39, 0.29) is 29.7 Å². The maximum atomic E-state index is 12.7. The van der Waals surface area contributed by atoms with Crippen LogP contribution in [0.2, 0.25) is 0 Å². The van der Waals surface area contributed by atoms with E-state index in [1.54, 1.807) is 6.26 Å². The van der Waals surface area contributed by atoms with E-state index in [4.69, 9.17) is 9.15 Å². The normalized spacial score (nSPS) is 19.9. The number of carbonyl (C=O) groups excluding carboxylic acids is 2. The van der Waals surface area contributed by atoms with Crippen LogP contribution in [0.1, 0.15) is 74.0 Å². The molecule has 0 radical (unpaired) electrons. The molecule has 2 aromatic heterocycles. The van der Waals surface area contributed by atoms with Crippen LogP contribution in [0.3, 0.4) is 0 Å². The molecule has 1 aliphatic carbocycles. The Morgan fingerprint density at radius 2 is 1.86 bits per heavy atom. The van der Waals surface area contributed by atoms with Crippen LogP contribution in [0.15, 0.2) is 28.9 Å². The summed E-state index contributed by atoms with van der Waals surface area (Å²) in [6.07, 6.45) is 5.44. The molecule has 0 unspecified atom stereocenters. The topological polar surface area (TPSA) is 61.4 Å². The van der Waals surface area contributed by atoms with Gasteiger partial charge in [-0.25, -0.2) is 0 Å². The van der Waals surface area contributed by atoms with Crippen molar-refractivity contribution in [2.24, 2.45) is 17.3 Å². The third-order valence-electron chi connectivity index (χ3n) is 6.40. The van der Waals surface area contributed by atoms with Crippen molar-refractivity contribution in [1.82, 2.24) is 4.57 Å². The van der Waals surface area contributed by atoms with E-state index in [9.17, 15) is 9.59 Å². The SMILES string of the molecule is Cc1cc(C(=O)COC(=O)C2CCC(C(C)(C)C)CC2)c(C)n1Cc1ccco1. The predicted molar refractivity (Wildman–Crippen MR) is 112 cm³/mol. The van der Waals surface area contributed by atoms with Crippen molar-refractivity contribution in [1.29, 1.82) is 0 Å². The number of ketones is 1. The molecular weight excluding hydrogens is 366 g/mol. The van der Waals surface area contributed by atoms with Crippen LogP contribution in [0.25, 0.3) is 0 Å². The first kappa shape index (κ1) is 21.4. The van der Waals surface area contributed by atoms with E-state index in [0.29, 0.717) is 18.0 Å². The van der Waals surface area contributed by atoms with Gasteiger partial charge in [-0.3, -0.25) is 9.59 Å². The summed E-state index contributed by atoms with van der Waals surface area (Å²) < 4.78 is 12.9. The van der Waals surface area contributed by atoms with Crippen molar-refractivity contribution in [3.8, 4) is 0 Å². The molecule has 1 aliphatic rings. The largest absolute Gasteiger partial charge is 0.467 e. The fourth-order valence-corrected chi connectivity index (χ4v) is 4.41. The fraction of sp³-hybridized carbons (Fsp3) is 0.583. The summed E-state index contributed by atoms with van der Waals surface area (Å²) >= 11 is 0. The summed E-state index contributed by atoms with van der Waals surface area (Å²) in [6, 6.07) is 5.63. The van der Waals surface area contributed by atoms with Gasteiger partial charge < -0.3 is 13.7 Å². The number of nitrogens with zero attached hydrogens (tertiary/aromatic N) is 1. The first-order chi connectivity index (χ1) is 13.7. The van der Waals surface area contributed by atoms with Gasteiger partial charge in [-0.1, -0.05) is 20.8 Å². The average molecular weight is 400 g/mol. The van der Waals surface area contributed by atoms with E-state index in [1.165, 1.54) is 0 Å². The van der Waals surface area contributed by atoms with Crippen LogP contribution in [-0.2, 0) is 16.1 Å². The first-order valence-electron chi connectivity index (χ1n) is 10.6. The number of aromatic nitrogens is 1. The number of carbonyl (C=O) groups is 2. The summed E-state index contributed by atoms with van der Waals surface area (Å²) in [7, 11) is 0. The third kappa shape index (κ3) is 5.01. The highest BCUT2D eigenvalue weighted by Crippen LogP contribution is 2.40. The molecule has 2 aromatic rings. The summed E-state index contributed by atoms with van der Waals surface area (Å²) in [5, 5.41) is 0. The van der Waals surface area contributed by atoms with Crippen LogP contribution >= 0.6 is 0 Å². The lowest BCUT2D eigenvalue weighted by Crippen LogP contribution is -2.30. The lowest BCUT2D eigenvalue weighted by molar-refractivity contribution is -0.149. The van der Waals surface area contributed by atoms with Crippen LogP contribution in [0.4, 0.5) is 0 Å². The van der Waals surface area contributed by atoms with Crippen LogP contribution in [0.5, 0.6) is 0 Å². The van der Waals surface area contributed by atoms with E-state index < -0.39 is 0 Å². The Balaban J connectivity index is 1.55. The Hall–Kier alpha value is -2.30. The lowest BCUT2D eigenvalue weighted by atomic mass is 9.70. The van der Waals surface area contributed by atoms with E-state index in [0.717, 1.165) is 42.8 Å². The number of hydrogen-bond donors (Lipinski definition) is 0. The molecule has 0 aromatic carbocycles. The molecule has 1 saturated carbocycles. The Morgan fingerprint density at radius 3 is 2.45 bits per heavy atom. The smallest absolute Gasteiger partial charge is 0.309 e. The zero-order valence-corrected chi connectivity index (χ0v) is 18.3. The lowest BCUT2D eigenvalue weighted by Gasteiger charge is -2.36. The molecule has 0 saturated heterocycles. The maximum absolute atomic E-state index is 12.7. The Morgan fingerprint density at radius 1 is 1.17 bits per heavy atom. The zero-order valence-electron chi connectivity index (χ0n) is 18.3. The zero-order chi connectivity index (χ0) is 21.2. The first-order valence-corrected chi connectivity index (χ1v) is 10.6. The molecule has 2 heterocycles. The van der Waals surface area contributed by atoms with Gasteiger partial charge in [0.1, 0.15) is 5.76 Å². The minimum atomic E-state index is -0.227. The highest BCUT2D eigenvalue weighted by atomic mass is 16.5. The number of aryl methyl sites for hydroxylation is 1. The van der Waals surface area contributed by atoms with Crippen LogP contribution < -0.4 is 0 Å². The van der Waals surface area contributed by atoms with Gasteiger partial charge in [-0.05, 0) is 69.1 Å². The molecule has 0 spiro atoms. The number of furan rings is 1. The Kier molecular flexibility index (Phi) is 6.35. The number of hydrogen-bond acceptors (Lipinski definition) is 4. The van der Waals surface area contributed by atoms with E-state index in [1.807, 2.05) is 36.6 Å². The predicted octanol–water partition coefficient (Wildman–Crippen LogP) is 5.32. The molecule has 158 valence electrons. The van der Waals surface area contributed by atoms with Crippen molar-refractivity contribution in [3.05, 3.63) is 47.2 Å². The molecule has 0 N–H and O–H groups in total. The van der Waals surface area contributed by atoms with Gasteiger partial charge in [-0.2, -0.15) is 0 Å². The number of ether oxygens (including phenoxy) is 1. The number of Topliss-reactive ketones (excluding diaryl/α,β-unsaturated/α-hetero) is 1. The molecular formula is C24H33NO4. The van der Waals surface area contributed by atoms with Gasteiger partial charge >= 0.3 is 5.97 Å². The van der Waals surface area contributed by atoms with Crippen molar-refractivity contribution < 1.29 is 18.7 Å². The number of esters is 1. The van der Waals surface area contributed by atoms with Gasteiger partial charge in [0, 0.05) is 17.0 Å². The van der Waals surface area contributed by atoms with Crippen molar-refractivity contribution >= 4 is 11.8 Å². The average Bonchev–Trinajstić information content (AvgIpc) is 3.29. The van der Waals surface area contributed by atoms with Crippen molar-refractivity contribution in [2.45, 2.75) is 66.8 Å². The molecule has 3 rings (SSSR count). The van der Waals surface area contributed by atoms with Crippen molar-refractivity contribution in [3.63, 3.8) is 0 Å². The van der Waals surface area contributed by atoms with Gasteiger partial charge in [0.15, 0.2) is 6.61 Å². The highest BCUT2D eigenvalue weighted by Gasteiger charge is 2.33. The Labute approximate surface area is 173 Å². The summed E-state index contributed by atoms with van der Waals surface area (Å²) in [6.45, 7) is 11.1. The minimum absolute atomic E-state index is 0.0761. The second-order valence-corrected chi connectivity index (χ2v) is 9.40. The monoisotopic (exact) mass is 399 g/mol.